The minimum absolute atomic E-state index is 0.0898. The van der Waals surface area contributed by atoms with Gasteiger partial charge in [0.15, 0.2) is 0 Å². The fourth-order valence-corrected chi connectivity index (χ4v) is 5.47. The van der Waals surface area contributed by atoms with Crippen molar-refractivity contribution in [3.8, 4) is 5.88 Å². The van der Waals surface area contributed by atoms with E-state index in [0.29, 0.717) is 19.0 Å². The van der Waals surface area contributed by atoms with E-state index in [9.17, 15) is 8.42 Å². The molecule has 0 radical (unpaired) electrons. The van der Waals surface area contributed by atoms with E-state index in [1.54, 1.807) is 16.6 Å². The highest BCUT2D eigenvalue weighted by atomic mass is 32.2. The molecule has 7 heteroatoms. The van der Waals surface area contributed by atoms with Gasteiger partial charge >= 0.3 is 0 Å². The molecular weight excluding hydrogens is 304 g/mol. The maximum atomic E-state index is 12.6. The minimum Gasteiger partial charge on any atom is -0.470 e. The van der Waals surface area contributed by atoms with E-state index >= 15 is 0 Å². The first-order valence-electron chi connectivity index (χ1n) is 7.86. The summed E-state index contributed by atoms with van der Waals surface area (Å²) in [6.45, 7) is 1.03. The second-order valence-corrected chi connectivity index (χ2v) is 8.35. The van der Waals surface area contributed by atoms with Crippen LogP contribution in [0.3, 0.4) is 0 Å². The molecular formula is C15H20N2O4S. The highest BCUT2D eigenvalue weighted by Crippen LogP contribution is 2.39. The van der Waals surface area contributed by atoms with Gasteiger partial charge in [-0.25, -0.2) is 13.4 Å². The number of fused-ring (bicyclic) bond motifs is 1. The summed E-state index contributed by atoms with van der Waals surface area (Å²) in [5, 5.41) is -0.191. The molecule has 6 nitrogen and oxygen atoms in total. The fourth-order valence-electron chi connectivity index (χ4n) is 3.39. The van der Waals surface area contributed by atoms with E-state index in [1.807, 2.05) is 12.1 Å². The Hall–Kier alpha value is -1.18. The van der Waals surface area contributed by atoms with Crippen LogP contribution >= 0.6 is 0 Å². The van der Waals surface area contributed by atoms with Gasteiger partial charge in [-0.15, -0.1) is 0 Å². The molecule has 0 amide bonds. The molecule has 1 aromatic rings. The molecule has 3 atom stereocenters. The normalized spacial score (nSPS) is 32.6. The third kappa shape index (κ3) is 2.51. The van der Waals surface area contributed by atoms with Crippen LogP contribution in [0.25, 0.3) is 0 Å². The summed E-state index contributed by atoms with van der Waals surface area (Å²) >= 11 is 0. The summed E-state index contributed by atoms with van der Waals surface area (Å²) in [6, 6.07) is 5.38. The largest absolute Gasteiger partial charge is 0.470 e. The second-order valence-electron chi connectivity index (χ2n) is 6.18. The zero-order valence-corrected chi connectivity index (χ0v) is 13.1. The van der Waals surface area contributed by atoms with E-state index < -0.39 is 10.0 Å². The molecule has 0 bridgehead atoms. The monoisotopic (exact) mass is 324 g/mol. The van der Waals surface area contributed by atoms with Crippen LogP contribution in [0.15, 0.2) is 24.4 Å². The van der Waals surface area contributed by atoms with Gasteiger partial charge in [-0.1, -0.05) is 6.07 Å². The van der Waals surface area contributed by atoms with Crippen LogP contribution < -0.4 is 4.74 Å². The lowest BCUT2D eigenvalue weighted by Crippen LogP contribution is -2.45. The first kappa shape index (κ1) is 14.4. The Kier molecular flexibility index (Phi) is 3.58. The molecule has 120 valence electrons. The van der Waals surface area contributed by atoms with Crippen molar-refractivity contribution in [3.05, 3.63) is 24.4 Å². The van der Waals surface area contributed by atoms with Crippen LogP contribution in [0, 0.1) is 0 Å². The predicted molar refractivity (Wildman–Crippen MR) is 80.1 cm³/mol. The molecule has 0 unspecified atom stereocenters. The van der Waals surface area contributed by atoms with Crippen LogP contribution in [-0.4, -0.2) is 54.4 Å². The Morgan fingerprint density at radius 3 is 2.86 bits per heavy atom. The molecule has 4 rings (SSSR count). The number of ether oxygens (including phenoxy) is 2. The molecule has 3 fully saturated rings. The van der Waals surface area contributed by atoms with Gasteiger partial charge in [0.05, 0.1) is 17.8 Å². The van der Waals surface area contributed by atoms with E-state index in [1.165, 1.54) is 0 Å². The number of hydrogen-bond donors (Lipinski definition) is 0. The minimum atomic E-state index is -3.21. The van der Waals surface area contributed by atoms with Crippen molar-refractivity contribution in [2.75, 3.05) is 13.2 Å². The van der Waals surface area contributed by atoms with Gasteiger partial charge < -0.3 is 9.47 Å². The smallest absolute Gasteiger partial charge is 0.217 e. The van der Waals surface area contributed by atoms with Crippen LogP contribution in [-0.2, 0) is 14.8 Å². The summed E-state index contributed by atoms with van der Waals surface area (Å²) in [5.74, 6) is 0.520. The molecule has 1 aliphatic carbocycles. The Balaban J connectivity index is 1.57. The number of hydrogen-bond acceptors (Lipinski definition) is 5. The molecule has 2 saturated heterocycles. The van der Waals surface area contributed by atoms with Crippen molar-refractivity contribution in [1.82, 2.24) is 9.29 Å². The van der Waals surface area contributed by atoms with Crippen LogP contribution in [0.1, 0.15) is 25.7 Å². The van der Waals surface area contributed by atoms with Gasteiger partial charge in [0, 0.05) is 18.9 Å². The lowest BCUT2D eigenvalue weighted by molar-refractivity contribution is -0.0426. The van der Waals surface area contributed by atoms with E-state index in [2.05, 4.69) is 4.98 Å². The molecule has 0 spiro atoms. The SMILES string of the molecule is O=S(=O)(C1CC1)N1C[C@@H](Oc2ccccn2)[C@@H]2OCCC[C@@H]21. The average Bonchev–Trinajstić information content (AvgIpc) is 3.33. The molecule has 3 heterocycles. The van der Waals surface area contributed by atoms with Crippen LogP contribution in [0.5, 0.6) is 5.88 Å². The molecule has 0 aromatic carbocycles. The average molecular weight is 324 g/mol. The van der Waals surface area contributed by atoms with Crippen LogP contribution in [0.4, 0.5) is 0 Å². The third-order valence-electron chi connectivity index (χ3n) is 4.61. The van der Waals surface area contributed by atoms with Gasteiger partial charge in [-0.2, -0.15) is 4.31 Å². The van der Waals surface area contributed by atoms with Gasteiger partial charge in [0.2, 0.25) is 15.9 Å². The predicted octanol–water partition coefficient (Wildman–Crippen LogP) is 1.18. The van der Waals surface area contributed by atoms with Crippen molar-refractivity contribution in [2.45, 2.75) is 49.2 Å². The van der Waals surface area contributed by atoms with Gasteiger partial charge in [0.25, 0.3) is 0 Å². The first-order chi connectivity index (χ1) is 10.7. The molecule has 2 aliphatic heterocycles. The summed E-state index contributed by atoms with van der Waals surface area (Å²) in [6.07, 6.45) is 4.50. The Labute approximate surface area is 130 Å². The van der Waals surface area contributed by atoms with Gasteiger partial charge in [0.1, 0.15) is 12.2 Å². The van der Waals surface area contributed by atoms with Gasteiger partial charge in [-0.3, -0.25) is 0 Å². The highest BCUT2D eigenvalue weighted by molar-refractivity contribution is 7.90. The van der Waals surface area contributed by atoms with Crippen molar-refractivity contribution >= 4 is 10.0 Å². The topological polar surface area (TPSA) is 68.7 Å². The molecule has 1 aromatic heterocycles. The Morgan fingerprint density at radius 1 is 1.27 bits per heavy atom. The molecule has 3 aliphatic rings. The molecule has 22 heavy (non-hydrogen) atoms. The van der Waals surface area contributed by atoms with Crippen molar-refractivity contribution in [2.24, 2.45) is 0 Å². The lowest BCUT2D eigenvalue weighted by Gasteiger charge is -2.31. The Bertz CT molecular complexity index is 632. The zero-order chi connectivity index (χ0) is 15.2. The standard InChI is InChI=1S/C15H20N2O4S/c18-22(19,11-6-7-11)17-10-13(15-12(17)4-3-9-20-15)21-14-5-1-2-8-16-14/h1-2,5,8,11-13,15H,3-4,6-7,9-10H2/t12-,13+,15+/m0/s1. The maximum Gasteiger partial charge on any atom is 0.217 e. The summed E-state index contributed by atoms with van der Waals surface area (Å²) in [5.41, 5.74) is 0. The second kappa shape index (κ2) is 5.47. The number of pyridine rings is 1. The highest BCUT2D eigenvalue weighted by Gasteiger charge is 2.53. The molecule has 1 saturated carbocycles. The fraction of sp³-hybridized carbons (Fsp3) is 0.667. The number of sulfonamides is 1. The molecule has 0 N–H and O–H groups in total. The zero-order valence-electron chi connectivity index (χ0n) is 12.3. The lowest BCUT2D eigenvalue weighted by atomic mass is 10.0. The summed E-state index contributed by atoms with van der Waals surface area (Å²) in [4.78, 5) is 4.17. The van der Waals surface area contributed by atoms with Crippen molar-refractivity contribution in [1.29, 1.82) is 0 Å². The van der Waals surface area contributed by atoms with Crippen LogP contribution in [0.2, 0.25) is 0 Å². The first-order valence-corrected chi connectivity index (χ1v) is 9.36. The third-order valence-corrected chi connectivity index (χ3v) is 7.00. The summed E-state index contributed by atoms with van der Waals surface area (Å²) < 4.78 is 38.7. The van der Waals surface area contributed by atoms with E-state index in [4.69, 9.17) is 9.47 Å². The quantitative estimate of drug-likeness (QED) is 0.832. The number of nitrogens with zero attached hydrogens (tertiary/aromatic N) is 2. The number of rotatable bonds is 4. The maximum absolute atomic E-state index is 12.6. The number of aromatic nitrogens is 1. The summed E-state index contributed by atoms with van der Waals surface area (Å²) in [7, 11) is -3.21. The van der Waals surface area contributed by atoms with Crippen molar-refractivity contribution < 1.29 is 17.9 Å². The van der Waals surface area contributed by atoms with Gasteiger partial charge in [-0.05, 0) is 31.7 Å². The van der Waals surface area contributed by atoms with E-state index in [-0.39, 0.29) is 23.5 Å². The van der Waals surface area contributed by atoms with Crippen molar-refractivity contribution in [3.63, 3.8) is 0 Å². The van der Waals surface area contributed by atoms with E-state index in [0.717, 1.165) is 25.7 Å². The Morgan fingerprint density at radius 2 is 2.14 bits per heavy atom.